The molecule has 1 aliphatic carbocycles. The van der Waals surface area contributed by atoms with Gasteiger partial charge in [0.25, 0.3) is 0 Å². The molecule has 0 bridgehead atoms. The van der Waals surface area contributed by atoms with Gasteiger partial charge < -0.3 is 14.4 Å². The van der Waals surface area contributed by atoms with Crippen molar-refractivity contribution < 1.29 is 14.3 Å². The molecule has 4 heteroatoms. The molecule has 2 aliphatic rings. The molecular formula is C20H29NO3. The average molecular weight is 331 g/mol. The number of para-hydroxylation sites is 2. The minimum atomic E-state index is 0.163. The zero-order valence-corrected chi connectivity index (χ0v) is 14.9. The largest absolute Gasteiger partial charge is 0.490 e. The van der Waals surface area contributed by atoms with Gasteiger partial charge in [-0.15, -0.1) is 0 Å². The van der Waals surface area contributed by atoms with Crippen LogP contribution in [-0.4, -0.2) is 36.6 Å². The van der Waals surface area contributed by atoms with Gasteiger partial charge in [0.05, 0.1) is 6.61 Å². The van der Waals surface area contributed by atoms with Crippen LogP contribution in [0.2, 0.25) is 0 Å². The van der Waals surface area contributed by atoms with Crippen molar-refractivity contribution in [2.75, 3.05) is 19.7 Å². The zero-order chi connectivity index (χ0) is 16.9. The summed E-state index contributed by atoms with van der Waals surface area (Å²) in [6, 6.07) is 7.83. The smallest absolute Gasteiger partial charge is 0.222 e. The Morgan fingerprint density at radius 1 is 1.17 bits per heavy atom. The van der Waals surface area contributed by atoms with Gasteiger partial charge in [-0.05, 0) is 43.7 Å². The van der Waals surface area contributed by atoms with Gasteiger partial charge in [0, 0.05) is 32.4 Å². The predicted octanol–water partition coefficient (Wildman–Crippen LogP) is 3.89. The number of hydrogen-bond donors (Lipinski definition) is 0. The van der Waals surface area contributed by atoms with Gasteiger partial charge in [-0.1, -0.05) is 19.1 Å². The maximum Gasteiger partial charge on any atom is 0.222 e. The molecule has 1 saturated heterocycles. The molecule has 3 rings (SSSR count). The lowest BCUT2D eigenvalue weighted by Gasteiger charge is -2.33. The van der Waals surface area contributed by atoms with Crippen molar-refractivity contribution in [2.24, 2.45) is 11.8 Å². The van der Waals surface area contributed by atoms with Crippen LogP contribution < -0.4 is 9.47 Å². The van der Waals surface area contributed by atoms with E-state index < -0.39 is 0 Å². The molecule has 0 unspecified atom stereocenters. The van der Waals surface area contributed by atoms with Crippen molar-refractivity contribution >= 4 is 5.91 Å². The van der Waals surface area contributed by atoms with Crippen LogP contribution in [0.3, 0.4) is 0 Å². The molecule has 0 radical (unpaired) electrons. The average Bonchev–Trinajstić information content (AvgIpc) is 3.42. The monoisotopic (exact) mass is 331 g/mol. The van der Waals surface area contributed by atoms with Crippen LogP contribution in [0.25, 0.3) is 0 Å². The summed E-state index contributed by atoms with van der Waals surface area (Å²) in [5.74, 6) is 3.28. The second-order valence-corrected chi connectivity index (χ2v) is 7.10. The van der Waals surface area contributed by atoms with E-state index in [1.807, 2.05) is 36.1 Å². The Balaban J connectivity index is 1.47. The molecule has 1 saturated carbocycles. The number of carbonyl (C=O) groups excluding carboxylic acids is 1. The molecule has 1 heterocycles. The summed E-state index contributed by atoms with van der Waals surface area (Å²) in [6.07, 6.45) is 5.28. The number of carbonyl (C=O) groups is 1. The van der Waals surface area contributed by atoms with E-state index in [-0.39, 0.29) is 6.10 Å². The van der Waals surface area contributed by atoms with E-state index in [0.717, 1.165) is 43.3 Å². The van der Waals surface area contributed by atoms with Crippen LogP contribution in [0.1, 0.15) is 46.0 Å². The number of rotatable bonds is 7. The van der Waals surface area contributed by atoms with Crippen LogP contribution in [-0.2, 0) is 4.79 Å². The van der Waals surface area contributed by atoms with Crippen molar-refractivity contribution in [3.05, 3.63) is 24.3 Å². The molecule has 1 amide bonds. The first-order valence-corrected chi connectivity index (χ1v) is 9.33. The summed E-state index contributed by atoms with van der Waals surface area (Å²) in [6.45, 7) is 6.43. The third kappa shape index (κ3) is 4.43. The van der Waals surface area contributed by atoms with E-state index in [9.17, 15) is 4.79 Å². The molecule has 24 heavy (non-hydrogen) atoms. The van der Waals surface area contributed by atoms with Gasteiger partial charge in [0.15, 0.2) is 11.5 Å². The quantitative estimate of drug-likeness (QED) is 0.761. The highest BCUT2D eigenvalue weighted by Crippen LogP contribution is 2.38. The summed E-state index contributed by atoms with van der Waals surface area (Å²) >= 11 is 0. The molecule has 2 fully saturated rings. The molecular weight excluding hydrogens is 302 g/mol. The number of hydrogen-bond acceptors (Lipinski definition) is 3. The van der Waals surface area contributed by atoms with Crippen LogP contribution in [0, 0.1) is 11.8 Å². The highest BCUT2D eigenvalue weighted by Gasteiger charge is 2.31. The van der Waals surface area contributed by atoms with E-state index in [2.05, 4.69) is 6.92 Å². The lowest BCUT2D eigenvalue weighted by Crippen LogP contribution is -2.42. The van der Waals surface area contributed by atoms with Gasteiger partial charge in [-0.3, -0.25) is 4.79 Å². The van der Waals surface area contributed by atoms with Crippen molar-refractivity contribution in [3.8, 4) is 11.5 Å². The minimum absolute atomic E-state index is 0.163. The first kappa shape index (κ1) is 17.1. The van der Waals surface area contributed by atoms with E-state index in [0.29, 0.717) is 24.9 Å². The molecule has 0 N–H and O–H groups in total. The highest BCUT2D eigenvalue weighted by molar-refractivity contribution is 5.76. The van der Waals surface area contributed by atoms with Crippen molar-refractivity contribution in [1.29, 1.82) is 0 Å². The zero-order valence-electron chi connectivity index (χ0n) is 14.9. The summed E-state index contributed by atoms with van der Waals surface area (Å²) in [4.78, 5) is 14.4. The normalized spacial score (nSPS) is 19.8. The first-order chi connectivity index (χ1) is 11.7. The first-order valence-electron chi connectivity index (χ1n) is 9.33. The molecule has 0 spiro atoms. The molecule has 132 valence electrons. The van der Waals surface area contributed by atoms with Crippen LogP contribution in [0.5, 0.6) is 11.5 Å². The Morgan fingerprint density at radius 2 is 1.83 bits per heavy atom. The van der Waals surface area contributed by atoms with Crippen molar-refractivity contribution in [3.63, 3.8) is 0 Å². The number of ether oxygens (including phenoxy) is 2. The van der Waals surface area contributed by atoms with Gasteiger partial charge in [0.1, 0.15) is 6.10 Å². The number of nitrogens with zero attached hydrogens (tertiary/aromatic N) is 1. The molecule has 1 aromatic carbocycles. The topological polar surface area (TPSA) is 38.8 Å². The van der Waals surface area contributed by atoms with Gasteiger partial charge in [-0.25, -0.2) is 0 Å². The number of likely N-dealkylation sites (tertiary alicyclic amines) is 1. The van der Waals surface area contributed by atoms with E-state index >= 15 is 0 Å². The van der Waals surface area contributed by atoms with Crippen molar-refractivity contribution in [2.45, 2.75) is 52.1 Å². The molecule has 4 nitrogen and oxygen atoms in total. The lowest BCUT2D eigenvalue weighted by atomic mass is 10.00. The Labute approximate surface area is 145 Å². The maximum atomic E-state index is 12.4. The fourth-order valence-electron chi connectivity index (χ4n) is 3.46. The van der Waals surface area contributed by atoms with Crippen LogP contribution in [0.15, 0.2) is 24.3 Å². The maximum absolute atomic E-state index is 12.4. The standard InChI is InChI=1S/C20H29NO3/c1-3-23-18-6-4-5-7-19(18)24-17-10-12-21(13-11-17)20(22)14-15(2)16-8-9-16/h4-7,15-17H,3,8-14H2,1-2H3/t15-/m1/s1. The third-order valence-corrected chi connectivity index (χ3v) is 5.16. The second-order valence-electron chi connectivity index (χ2n) is 7.10. The Bertz CT molecular complexity index is 548. The van der Waals surface area contributed by atoms with Crippen LogP contribution >= 0.6 is 0 Å². The van der Waals surface area contributed by atoms with Gasteiger partial charge in [-0.2, -0.15) is 0 Å². The molecule has 0 aromatic heterocycles. The summed E-state index contributed by atoms with van der Waals surface area (Å²) in [5, 5.41) is 0. The number of piperidine rings is 1. The van der Waals surface area contributed by atoms with Gasteiger partial charge >= 0.3 is 0 Å². The highest BCUT2D eigenvalue weighted by atomic mass is 16.5. The van der Waals surface area contributed by atoms with Crippen molar-refractivity contribution in [1.82, 2.24) is 4.90 Å². The van der Waals surface area contributed by atoms with Gasteiger partial charge in [0.2, 0.25) is 5.91 Å². The second kappa shape index (κ2) is 7.91. The molecule has 1 atom stereocenters. The Hall–Kier alpha value is -1.71. The summed E-state index contributed by atoms with van der Waals surface area (Å²) < 4.78 is 11.8. The predicted molar refractivity (Wildman–Crippen MR) is 94.3 cm³/mol. The number of benzene rings is 1. The summed E-state index contributed by atoms with van der Waals surface area (Å²) in [7, 11) is 0. The number of amides is 1. The Morgan fingerprint density at radius 3 is 2.46 bits per heavy atom. The van der Waals surface area contributed by atoms with E-state index in [1.54, 1.807) is 0 Å². The fraction of sp³-hybridized carbons (Fsp3) is 0.650. The summed E-state index contributed by atoms with van der Waals surface area (Å²) in [5.41, 5.74) is 0. The van der Waals surface area contributed by atoms with Crippen LogP contribution in [0.4, 0.5) is 0 Å². The fourth-order valence-corrected chi connectivity index (χ4v) is 3.46. The minimum Gasteiger partial charge on any atom is -0.490 e. The third-order valence-electron chi connectivity index (χ3n) is 5.16. The Kier molecular flexibility index (Phi) is 5.64. The molecule has 1 aliphatic heterocycles. The molecule has 1 aromatic rings. The van der Waals surface area contributed by atoms with E-state index in [1.165, 1.54) is 12.8 Å². The SMILES string of the molecule is CCOc1ccccc1OC1CCN(C(=O)C[C@@H](C)C2CC2)CC1. The lowest BCUT2D eigenvalue weighted by molar-refractivity contribution is -0.134. The van der Waals surface area contributed by atoms with E-state index in [4.69, 9.17) is 9.47 Å².